The highest BCUT2D eigenvalue weighted by atomic mass is 16.6. The van der Waals surface area contributed by atoms with E-state index in [1.807, 2.05) is 0 Å². The van der Waals surface area contributed by atoms with Crippen LogP contribution in [0.1, 0.15) is 31.9 Å². The Morgan fingerprint density at radius 1 is 1.30 bits per heavy atom. The third-order valence-corrected chi connectivity index (χ3v) is 5.06. The van der Waals surface area contributed by atoms with Gasteiger partial charge in [-0.2, -0.15) is 0 Å². The molecule has 1 saturated heterocycles. The Bertz CT molecular complexity index is 853. The summed E-state index contributed by atoms with van der Waals surface area (Å²) in [6, 6.07) is 0.154. The van der Waals surface area contributed by atoms with E-state index < -0.39 is 42.0 Å². The van der Waals surface area contributed by atoms with Crippen molar-refractivity contribution in [1.29, 1.82) is 0 Å². The summed E-state index contributed by atoms with van der Waals surface area (Å²) in [7, 11) is 0. The van der Waals surface area contributed by atoms with Crippen molar-refractivity contribution in [2.24, 2.45) is 0 Å². The topological polar surface area (TPSA) is 169 Å². The van der Waals surface area contributed by atoms with Crippen molar-refractivity contribution in [3.63, 3.8) is 0 Å². The van der Waals surface area contributed by atoms with Crippen molar-refractivity contribution in [1.82, 2.24) is 19.5 Å². The molecule has 4 rings (SSSR count). The lowest BCUT2D eigenvalue weighted by molar-refractivity contribution is -0.394. The molecule has 2 aromatic rings. The van der Waals surface area contributed by atoms with Crippen LogP contribution in [0.2, 0.25) is 0 Å². The van der Waals surface area contributed by atoms with Gasteiger partial charge in [0.25, 0.3) is 0 Å². The Morgan fingerprint density at radius 2 is 2.04 bits per heavy atom. The van der Waals surface area contributed by atoms with Crippen LogP contribution >= 0.6 is 0 Å². The monoisotopic (exact) mass is 380 g/mol. The van der Waals surface area contributed by atoms with Crippen LogP contribution in [0.4, 0.5) is 11.8 Å². The van der Waals surface area contributed by atoms with Crippen LogP contribution < -0.4 is 5.32 Å². The molecule has 0 radical (unpaired) electrons. The zero-order valence-electron chi connectivity index (χ0n) is 14.3. The molecule has 2 fully saturated rings. The van der Waals surface area contributed by atoms with Gasteiger partial charge in [-0.15, -0.1) is 0 Å². The van der Waals surface area contributed by atoms with Gasteiger partial charge in [0.15, 0.2) is 11.7 Å². The fraction of sp³-hybridized carbons (Fsp3) is 0.667. The number of hydrogen-bond acceptors (Lipinski definition) is 10. The van der Waals surface area contributed by atoms with E-state index in [-0.39, 0.29) is 17.5 Å². The second kappa shape index (κ2) is 6.96. The van der Waals surface area contributed by atoms with Crippen molar-refractivity contribution in [2.75, 3.05) is 11.9 Å². The summed E-state index contributed by atoms with van der Waals surface area (Å²) in [6.07, 6.45) is 0.638. The van der Waals surface area contributed by atoms with E-state index >= 15 is 0 Å². The number of ether oxygens (including phenoxy) is 1. The average molecular weight is 380 g/mol. The van der Waals surface area contributed by atoms with Crippen molar-refractivity contribution in [2.45, 2.75) is 56.3 Å². The van der Waals surface area contributed by atoms with Crippen molar-refractivity contribution >= 4 is 22.9 Å². The van der Waals surface area contributed by atoms with Crippen LogP contribution in [-0.2, 0) is 4.74 Å². The Balaban J connectivity index is 1.76. The quantitative estimate of drug-likeness (QED) is 0.399. The zero-order chi connectivity index (χ0) is 19.1. The van der Waals surface area contributed by atoms with Crippen molar-refractivity contribution in [3.8, 4) is 0 Å². The summed E-state index contributed by atoms with van der Waals surface area (Å²) >= 11 is 0. The summed E-state index contributed by atoms with van der Waals surface area (Å²) in [5, 5.41) is 43.9. The average Bonchev–Trinajstić information content (AvgIpc) is 3.36. The molecule has 146 valence electrons. The molecule has 0 amide bonds. The minimum Gasteiger partial charge on any atom is -0.394 e. The third-order valence-electron chi connectivity index (χ3n) is 5.06. The lowest BCUT2D eigenvalue weighted by Gasteiger charge is -2.15. The molecule has 12 nitrogen and oxygen atoms in total. The number of nitrogens with zero attached hydrogens (tertiary/aromatic N) is 5. The Hall–Kier alpha value is -2.41. The van der Waals surface area contributed by atoms with E-state index in [4.69, 9.17) is 4.74 Å². The molecule has 4 N–H and O–H groups in total. The van der Waals surface area contributed by atoms with Gasteiger partial charge in [-0.25, -0.2) is 4.98 Å². The Kier molecular flexibility index (Phi) is 4.63. The SMILES string of the molecule is O=[N+]([O-])c1nc(NC2CCCC2)c2ncn([C@@H]3O[C@H](CO)[C@@H](O)[C@H]3O)c2n1. The molecule has 0 bridgehead atoms. The maximum atomic E-state index is 11.3. The Morgan fingerprint density at radius 3 is 2.67 bits per heavy atom. The lowest BCUT2D eigenvalue weighted by Crippen LogP contribution is -2.33. The van der Waals surface area contributed by atoms with E-state index in [2.05, 4.69) is 20.3 Å². The molecule has 27 heavy (non-hydrogen) atoms. The molecule has 1 saturated carbocycles. The maximum Gasteiger partial charge on any atom is 0.473 e. The van der Waals surface area contributed by atoms with Gasteiger partial charge in [-0.3, -0.25) is 4.57 Å². The van der Waals surface area contributed by atoms with Gasteiger partial charge >= 0.3 is 5.95 Å². The van der Waals surface area contributed by atoms with Crippen LogP contribution in [-0.4, -0.2) is 70.7 Å². The fourth-order valence-electron chi connectivity index (χ4n) is 3.65. The van der Waals surface area contributed by atoms with E-state index in [1.54, 1.807) is 0 Å². The van der Waals surface area contributed by atoms with Gasteiger partial charge in [0.05, 0.1) is 6.61 Å². The van der Waals surface area contributed by atoms with Gasteiger partial charge in [-0.05, 0) is 27.7 Å². The molecular weight excluding hydrogens is 360 g/mol. The molecule has 4 atom stereocenters. The van der Waals surface area contributed by atoms with E-state index in [9.17, 15) is 25.4 Å². The van der Waals surface area contributed by atoms with Crippen molar-refractivity contribution in [3.05, 3.63) is 16.4 Å². The number of nitrogens with one attached hydrogen (secondary N) is 1. The minimum absolute atomic E-state index is 0.104. The molecule has 12 heteroatoms. The second-order valence-electron chi connectivity index (χ2n) is 6.81. The summed E-state index contributed by atoms with van der Waals surface area (Å²) in [5.74, 6) is -0.347. The first-order chi connectivity index (χ1) is 13.0. The second-order valence-corrected chi connectivity index (χ2v) is 6.81. The van der Waals surface area contributed by atoms with E-state index in [0.717, 1.165) is 25.7 Å². The molecule has 2 aliphatic rings. The van der Waals surface area contributed by atoms with Crippen LogP contribution in [0.15, 0.2) is 6.33 Å². The summed E-state index contributed by atoms with van der Waals surface area (Å²) in [6.45, 7) is -0.481. The summed E-state index contributed by atoms with van der Waals surface area (Å²) in [4.78, 5) is 22.7. The minimum atomic E-state index is -1.35. The highest BCUT2D eigenvalue weighted by Crippen LogP contribution is 2.33. The van der Waals surface area contributed by atoms with Gasteiger partial charge < -0.3 is 35.5 Å². The molecule has 1 aliphatic carbocycles. The van der Waals surface area contributed by atoms with E-state index in [0.29, 0.717) is 5.52 Å². The summed E-state index contributed by atoms with van der Waals surface area (Å²) in [5.41, 5.74) is 0.414. The first-order valence-corrected chi connectivity index (χ1v) is 8.77. The fourth-order valence-corrected chi connectivity index (χ4v) is 3.65. The maximum absolute atomic E-state index is 11.3. The zero-order valence-corrected chi connectivity index (χ0v) is 14.3. The highest BCUT2D eigenvalue weighted by molar-refractivity contribution is 5.84. The predicted octanol–water partition coefficient (Wildman–Crippen LogP) is -0.300. The smallest absolute Gasteiger partial charge is 0.394 e. The predicted molar refractivity (Wildman–Crippen MR) is 90.9 cm³/mol. The number of fused-ring (bicyclic) bond motifs is 1. The largest absolute Gasteiger partial charge is 0.473 e. The number of imidazole rings is 1. The lowest BCUT2D eigenvalue weighted by atomic mass is 10.1. The number of aliphatic hydroxyl groups excluding tert-OH is 3. The molecule has 2 aromatic heterocycles. The molecule has 1 aliphatic heterocycles. The van der Waals surface area contributed by atoms with Crippen molar-refractivity contribution < 1.29 is 25.0 Å². The van der Waals surface area contributed by atoms with Crippen LogP contribution in [0.25, 0.3) is 11.2 Å². The van der Waals surface area contributed by atoms with Gasteiger partial charge in [0.1, 0.15) is 24.6 Å². The summed E-state index contributed by atoms with van der Waals surface area (Å²) < 4.78 is 6.80. The number of anilines is 1. The molecule has 0 aromatic carbocycles. The molecule has 3 heterocycles. The first-order valence-electron chi connectivity index (χ1n) is 8.77. The molecule has 0 unspecified atom stereocenters. The standard InChI is InChI=1S/C15H20N6O6/c22-5-8-10(23)11(24)14(27-8)20-6-16-9-12(17-7-3-1-2-4-7)18-15(21(25)26)19-13(9)20/h6-8,10-11,14,22-24H,1-5H2,(H,17,18,19)/t8-,10-,11-,14-/m1/s1. The molecular formula is C15H20N6O6. The van der Waals surface area contributed by atoms with Crippen LogP contribution in [0.3, 0.4) is 0 Å². The third kappa shape index (κ3) is 3.10. The Labute approximate surface area is 153 Å². The normalized spacial score (nSPS) is 28.9. The van der Waals surface area contributed by atoms with Gasteiger partial charge in [0, 0.05) is 6.04 Å². The number of aromatic nitrogens is 4. The van der Waals surface area contributed by atoms with Gasteiger partial charge in [0.2, 0.25) is 11.5 Å². The molecule has 0 spiro atoms. The number of rotatable bonds is 5. The van der Waals surface area contributed by atoms with E-state index in [1.165, 1.54) is 10.9 Å². The first kappa shape index (κ1) is 18.0. The number of hydrogen-bond donors (Lipinski definition) is 4. The number of nitro groups is 1. The van der Waals surface area contributed by atoms with Crippen LogP contribution in [0.5, 0.6) is 0 Å². The highest BCUT2D eigenvalue weighted by Gasteiger charge is 2.44. The van der Waals surface area contributed by atoms with Gasteiger partial charge in [-0.1, -0.05) is 12.8 Å². The van der Waals surface area contributed by atoms with Crippen LogP contribution in [0, 0.1) is 10.1 Å². The number of aliphatic hydroxyl groups is 3.